The molecular formula is C23H32N2O4S. The fourth-order valence-corrected chi connectivity index (χ4v) is 5.63. The Morgan fingerprint density at radius 3 is 2.30 bits per heavy atom. The SMILES string of the molecule is CCN1CCc2cc(OC)c(OC)cc2[C@H]1[C@@H](NS(=O)(=O)c1ccccc1)C(C)C. The lowest BCUT2D eigenvalue weighted by molar-refractivity contribution is 0.141. The molecule has 2 aromatic carbocycles. The largest absolute Gasteiger partial charge is 0.493 e. The Morgan fingerprint density at radius 2 is 1.73 bits per heavy atom. The highest BCUT2D eigenvalue weighted by molar-refractivity contribution is 7.89. The second kappa shape index (κ2) is 9.37. The van der Waals surface area contributed by atoms with E-state index in [1.165, 1.54) is 5.56 Å². The van der Waals surface area contributed by atoms with Crippen LogP contribution in [-0.2, 0) is 16.4 Å². The lowest BCUT2D eigenvalue weighted by Crippen LogP contribution is -2.51. The number of nitrogens with one attached hydrogen (secondary N) is 1. The molecule has 0 aliphatic carbocycles. The second-order valence-corrected chi connectivity index (χ2v) is 9.65. The minimum absolute atomic E-state index is 0.0848. The van der Waals surface area contributed by atoms with Crippen LogP contribution in [0.1, 0.15) is 37.9 Å². The van der Waals surface area contributed by atoms with E-state index in [-0.39, 0.29) is 22.9 Å². The lowest BCUT2D eigenvalue weighted by Gasteiger charge is -2.43. The maximum Gasteiger partial charge on any atom is 0.240 e. The fraction of sp³-hybridized carbons (Fsp3) is 0.478. The topological polar surface area (TPSA) is 67.9 Å². The zero-order valence-electron chi connectivity index (χ0n) is 18.4. The number of likely N-dealkylation sites (N-methyl/N-ethyl adjacent to an activating group) is 1. The number of hydrogen-bond donors (Lipinski definition) is 1. The van der Waals surface area contributed by atoms with Gasteiger partial charge in [-0.05, 0) is 54.3 Å². The number of benzene rings is 2. The summed E-state index contributed by atoms with van der Waals surface area (Å²) >= 11 is 0. The Hall–Kier alpha value is -2.09. The quantitative estimate of drug-likeness (QED) is 0.690. The highest BCUT2D eigenvalue weighted by Gasteiger charge is 2.38. The summed E-state index contributed by atoms with van der Waals surface area (Å²) in [5, 5.41) is 0. The Kier molecular flexibility index (Phi) is 7.06. The van der Waals surface area contributed by atoms with Crippen molar-refractivity contribution < 1.29 is 17.9 Å². The van der Waals surface area contributed by atoms with Crippen LogP contribution in [0.15, 0.2) is 47.4 Å². The van der Waals surface area contributed by atoms with E-state index in [1.807, 2.05) is 18.2 Å². The average molecular weight is 433 g/mol. The van der Waals surface area contributed by atoms with Crippen molar-refractivity contribution in [1.29, 1.82) is 0 Å². The van der Waals surface area contributed by atoms with E-state index in [9.17, 15) is 8.42 Å². The molecule has 2 atom stereocenters. The standard InChI is InChI=1S/C23H32N2O4S/c1-6-25-13-12-17-14-20(28-4)21(29-5)15-19(17)23(25)22(16(2)3)24-30(26,27)18-10-8-7-9-11-18/h7-11,14-16,22-24H,6,12-13H2,1-5H3/t22-,23-/m0/s1. The van der Waals surface area contributed by atoms with Crippen molar-refractivity contribution in [1.82, 2.24) is 9.62 Å². The smallest absolute Gasteiger partial charge is 0.240 e. The molecule has 3 rings (SSSR count). The van der Waals surface area contributed by atoms with Gasteiger partial charge in [0.15, 0.2) is 11.5 Å². The molecule has 6 nitrogen and oxygen atoms in total. The van der Waals surface area contributed by atoms with Gasteiger partial charge in [0.25, 0.3) is 0 Å². The minimum Gasteiger partial charge on any atom is -0.493 e. The first kappa shape index (κ1) is 22.6. The van der Waals surface area contributed by atoms with Gasteiger partial charge < -0.3 is 9.47 Å². The van der Waals surface area contributed by atoms with Gasteiger partial charge in [-0.3, -0.25) is 4.90 Å². The van der Waals surface area contributed by atoms with Gasteiger partial charge in [-0.1, -0.05) is 39.0 Å². The molecule has 0 amide bonds. The second-order valence-electron chi connectivity index (χ2n) is 7.93. The number of ether oxygens (including phenoxy) is 2. The van der Waals surface area contributed by atoms with Crippen molar-refractivity contribution in [3.05, 3.63) is 53.6 Å². The van der Waals surface area contributed by atoms with E-state index in [4.69, 9.17) is 9.47 Å². The van der Waals surface area contributed by atoms with E-state index >= 15 is 0 Å². The van der Waals surface area contributed by atoms with Gasteiger partial charge >= 0.3 is 0 Å². The normalized spacial score (nSPS) is 18.1. The van der Waals surface area contributed by atoms with Crippen LogP contribution in [0.3, 0.4) is 0 Å². The van der Waals surface area contributed by atoms with Gasteiger partial charge in [0, 0.05) is 12.6 Å². The van der Waals surface area contributed by atoms with Crippen LogP contribution < -0.4 is 14.2 Å². The highest BCUT2D eigenvalue weighted by atomic mass is 32.2. The molecule has 7 heteroatoms. The summed E-state index contributed by atoms with van der Waals surface area (Å²) < 4.78 is 40.3. The van der Waals surface area contributed by atoms with Gasteiger partial charge in [-0.25, -0.2) is 13.1 Å². The van der Waals surface area contributed by atoms with E-state index in [0.717, 1.165) is 25.1 Å². The van der Waals surface area contributed by atoms with Crippen molar-refractivity contribution in [2.24, 2.45) is 5.92 Å². The molecule has 0 fully saturated rings. The average Bonchev–Trinajstić information content (AvgIpc) is 2.76. The van der Waals surface area contributed by atoms with E-state index in [0.29, 0.717) is 11.5 Å². The van der Waals surface area contributed by atoms with Crippen molar-refractivity contribution in [2.45, 2.75) is 44.2 Å². The molecule has 0 saturated carbocycles. The Morgan fingerprint density at radius 1 is 1.10 bits per heavy atom. The minimum atomic E-state index is -3.65. The van der Waals surface area contributed by atoms with Crippen LogP contribution in [0.5, 0.6) is 11.5 Å². The van der Waals surface area contributed by atoms with Gasteiger partial charge in [0.05, 0.1) is 25.2 Å². The summed E-state index contributed by atoms with van der Waals surface area (Å²) in [4.78, 5) is 2.62. The van der Waals surface area contributed by atoms with E-state index < -0.39 is 10.0 Å². The first-order valence-corrected chi connectivity index (χ1v) is 11.9. The van der Waals surface area contributed by atoms with Crippen LogP contribution in [0, 0.1) is 5.92 Å². The van der Waals surface area contributed by atoms with Crippen LogP contribution in [0.2, 0.25) is 0 Å². The predicted octanol–water partition coefficient (Wildman–Crippen LogP) is 3.63. The van der Waals surface area contributed by atoms with Crippen LogP contribution in [0.25, 0.3) is 0 Å². The van der Waals surface area contributed by atoms with Gasteiger partial charge in [0.1, 0.15) is 0 Å². The molecule has 1 aliphatic rings. The van der Waals surface area contributed by atoms with Gasteiger partial charge in [-0.15, -0.1) is 0 Å². The third kappa shape index (κ3) is 4.48. The number of sulfonamides is 1. The molecule has 2 aromatic rings. The highest BCUT2D eigenvalue weighted by Crippen LogP contribution is 2.41. The number of fused-ring (bicyclic) bond motifs is 1. The molecule has 0 spiro atoms. The number of nitrogens with zero attached hydrogens (tertiary/aromatic N) is 1. The third-order valence-electron chi connectivity index (χ3n) is 5.84. The molecule has 0 bridgehead atoms. The number of rotatable bonds is 8. The molecular weight excluding hydrogens is 400 g/mol. The molecule has 0 saturated heterocycles. The number of hydrogen-bond acceptors (Lipinski definition) is 5. The summed E-state index contributed by atoms with van der Waals surface area (Å²) in [5.74, 6) is 1.44. The molecule has 1 aliphatic heterocycles. The van der Waals surface area contributed by atoms with Crippen LogP contribution in [0.4, 0.5) is 0 Å². The summed E-state index contributed by atoms with van der Waals surface area (Å²) in [7, 11) is -0.394. The number of methoxy groups -OCH3 is 2. The summed E-state index contributed by atoms with van der Waals surface area (Å²) in [6.45, 7) is 7.92. The van der Waals surface area contributed by atoms with Crippen molar-refractivity contribution in [3.63, 3.8) is 0 Å². The van der Waals surface area contributed by atoms with E-state index in [2.05, 4.69) is 30.4 Å². The fourth-order valence-electron chi connectivity index (χ4n) is 4.22. The van der Waals surface area contributed by atoms with Crippen LogP contribution >= 0.6 is 0 Å². The van der Waals surface area contributed by atoms with Crippen LogP contribution in [-0.4, -0.2) is 46.7 Å². The summed E-state index contributed by atoms with van der Waals surface area (Å²) in [6, 6.07) is 12.2. The predicted molar refractivity (Wildman–Crippen MR) is 119 cm³/mol. The summed E-state index contributed by atoms with van der Waals surface area (Å²) in [6.07, 6.45) is 0.885. The molecule has 0 aromatic heterocycles. The zero-order chi connectivity index (χ0) is 21.9. The summed E-state index contributed by atoms with van der Waals surface area (Å²) in [5.41, 5.74) is 2.27. The first-order valence-electron chi connectivity index (χ1n) is 10.4. The van der Waals surface area contributed by atoms with Crippen molar-refractivity contribution in [2.75, 3.05) is 27.3 Å². The third-order valence-corrected chi connectivity index (χ3v) is 7.31. The molecule has 1 N–H and O–H groups in total. The molecule has 1 heterocycles. The van der Waals surface area contributed by atoms with Gasteiger partial charge in [0.2, 0.25) is 10.0 Å². The Bertz CT molecular complexity index is 961. The lowest BCUT2D eigenvalue weighted by atomic mass is 9.84. The van der Waals surface area contributed by atoms with Crippen molar-refractivity contribution in [3.8, 4) is 11.5 Å². The van der Waals surface area contributed by atoms with Gasteiger partial charge in [-0.2, -0.15) is 0 Å². The van der Waals surface area contributed by atoms with Crippen molar-refractivity contribution >= 4 is 10.0 Å². The monoisotopic (exact) mass is 432 g/mol. The maximum atomic E-state index is 13.1. The molecule has 30 heavy (non-hydrogen) atoms. The molecule has 0 radical (unpaired) electrons. The zero-order valence-corrected chi connectivity index (χ0v) is 19.2. The Balaban J connectivity index is 2.07. The molecule has 0 unspecified atom stereocenters. The first-order chi connectivity index (χ1) is 14.3. The maximum absolute atomic E-state index is 13.1. The molecule has 164 valence electrons. The Labute approximate surface area is 180 Å². The van der Waals surface area contributed by atoms with E-state index in [1.54, 1.807) is 38.5 Å².